The molecule has 2 aromatic rings. The minimum absolute atomic E-state index is 0.0423. The van der Waals surface area contributed by atoms with Crippen LogP contribution in [-0.4, -0.2) is 70.6 Å². The SMILES string of the molecule is COc1ccc(/C=C(\C#N)C(=O)Nc2ccc3c(c2)OCCO3)cc1OCCN1CCOCC1. The molecule has 178 valence electrons. The summed E-state index contributed by atoms with van der Waals surface area (Å²) in [5, 5.41) is 12.3. The smallest absolute Gasteiger partial charge is 0.266 e. The van der Waals surface area contributed by atoms with Gasteiger partial charge in [-0.15, -0.1) is 0 Å². The Morgan fingerprint density at radius 1 is 1.09 bits per heavy atom. The maximum Gasteiger partial charge on any atom is 0.266 e. The first-order valence-electron chi connectivity index (χ1n) is 11.1. The Bertz CT molecular complexity index is 1090. The van der Waals surface area contributed by atoms with Gasteiger partial charge in [-0.2, -0.15) is 5.26 Å². The molecule has 2 aliphatic heterocycles. The molecule has 0 radical (unpaired) electrons. The maximum atomic E-state index is 12.7. The number of ether oxygens (including phenoxy) is 5. The summed E-state index contributed by atoms with van der Waals surface area (Å²) in [5.41, 5.74) is 1.12. The quantitative estimate of drug-likeness (QED) is 0.469. The zero-order valence-electron chi connectivity index (χ0n) is 19.0. The number of nitrogens with zero attached hydrogens (tertiary/aromatic N) is 2. The van der Waals surface area contributed by atoms with E-state index in [4.69, 9.17) is 23.7 Å². The molecule has 34 heavy (non-hydrogen) atoms. The van der Waals surface area contributed by atoms with E-state index in [9.17, 15) is 10.1 Å². The lowest BCUT2D eigenvalue weighted by Crippen LogP contribution is -2.38. The normalized spacial score (nSPS) is 15.8. The van der Waals surface area contributed by atoms with E-state index >= 15 is 0 Å². The van der Waals surface area contributed by atoms with Crippen LogP contribution in [0.2, 0.25) is 0 Å². The van der Waals surface area contributed by atoms with Crippen LogP contribution in [0, 0.1) is 11.3 Å². The van der Waals surface area contributed by atoms with Crippen LogP contribution in [0.3, 0.4) is 0 Å². The monoisotopic (exact) mass is 465 g/mol. The maximum absolute atomic E-state index is 12.7. The number of benzene rings is 2. The van der Waals surface area contributed by atoms with Gasteiger partial charge in [-0.05, 0) is 35.9 Å². The zero-order valence-corrected chi connectivity index (χ0v) is 19.0. The van der Waals surface area contributed by atoms with Crippen molar-refractivity contribution in [2.24, 2.45) is 0 Å². The Hall–Kier alpha value is -3.74. The molecule has 1 amide bonds. The number of carbonyl (C=O) groups excluding carboxylic acids is 1. The minimum atomic E-state index is -0.523. The topological polar surface area (TPSA) is 102 Å². The van der Waals surface area contributed by atoms with Crippen LogP contribution >= 0.6 is 0 Å². The number of morpholine rings is 1. The lowest BCUT2D eigenvalue weighted by atomic mass is 10.1. The van der Waals surface area contributed by atoms with E-state index in [-0.39, 0.29) is 5.57 Å². The third-order valence-electron chi connectivity index (χ3n) is 5.43. The van der Waals surface area contributed by atoms with Gasteiger partial charge in [0.2, 0.25) is 0 Å². The molecule has 0 atom stereocenters. The number of methoxy groups -OCH3 is 1. The molecule has 0 aromatic heterocycles. The Kier molecular flexibility index (Phi) is 7.86. The van der Waals surface area contributed by atoms with Crippen molar-refractivity contribution >= 4 is 17.7 Å². The highest BCUT2D eigenvalue weighted by Gasteiger charge is 2.16. The number of nitriles is 1. The summed E-state index contributed by atoms with van der Waals surface area (Å²) in [7, 11) is 1.57. The molecule has 1 N–H and O–H groups in total. The van der Waals surface area contributed by atoms with Gasteiger partial charge < -0.3 is 29.0 Å². The third-order valence-corrected chi connectivity index (χ3v) is 5.43. The summed E-state index contributed by atoms with van der Waals surface area (Å²) < 4.78 is 27.8. The Balaban J connectivity index is 1.43. The largest absolute Gasteiger partial charge is 0.493 e. The van der Waals surface area contributed by atoms with E-state index in [0.717, 1.165) is 32.8 Å². The fourth-order valence-corrected chi connectivity index (χ4v) is 3.64. The number of hydrogen-bond acceptors (Lipinski definition) is 8. The van der Waals surface area contributed by atoms with Gasteiger partial charge in [0.1, 0.15) is 31.5 Å². The van der Waals surface area contributed by atoms with Gasteiger partial charge in [0, 0.05) is 31.4 Å². The molecule has 0 saturated carbocycles. The van der Waals surface area contributed by atoms with Gasteiger partial charge in [0.25, 0.3) is 5.91 Å². The molecular weight excluding hydrogens is 438 g/mol. The number of rotatable bonds is 8. The number of anilines is 1. The predicted molar refractivity (Wildman–Crippen MR) is 125 cm³/mol. The standard InChI is InChI=1S/C25H27N3O6/c1-30-21-4-2-18(15-23(21)32-11-8-28-6-9-31-10-7-28)14-19(17-26)25(29)27-20-3-5-22-24(16-20)34-13-12-33-22/h2-5,14-16H,6-13H2,1H3,(H,27,29)/b19-14+. The van der Waals surface area contributed by atoms with Gasteiger partial charge in [-0.1, -0.05) is 6.07 Å². The Labute approximate surface area is 198 Å². The van der Waals surface area contributed by atoms with E-state index in [1.54, 1.807) is 43.5 Å². The van der Waals surface area contributed by atoms with E-state index in [1.165, 1.54) is 6.08 Å². The second-order valence-electron chi connectivity index (χ2n) is 7.70. The van der Waals surface area contributed by atoms with Crippen molar-refractivity contribution in [3.05, 3.63) is 47.5 Å². The molecular formula is C25H27N3O6. The summed E-state index contributed by atoms with van der Waals surface area (Å²) in [6.45, 7) is 5.42. The van der Waals surface area contributed by atoms with Crippen molar-refractivity contribution in [1.82, 2.24) is 4.90 Å². The molecule has 9 nitrogen and oxygen atoms in total. The number of amides is 1. The second-order valence-corrected chi connectivity index (χ2v) is 7.70. The van der Waals surface area contributed by atoms with Crippen LogP contribution in [0.15, 0.2) is 42.0 Å². The Morgan fingerprint density at radius 2 is 1.88 bits per heavy atom. The average Bonchev–Trinajstić information content (AvgIpc) is 2.88. The van der Waals surface area contributed by atoms with Crippen molar-refractivity contribution in [2.45, 2.75) is 0 Å². The molecule has 0 unspecified atom stereocenters. The number of nitrogens with one attached hydrogen (secondary N) is 1. The van der Waals surface area contributed by atoms with Crippen molar-refractivity contribution in [1.29, 1.82) is 5.26 Å². The second kappa shape index (κ2) is 11.4. The predicted octanol–water partition coefficient (Wildman–Crippen LogP) is 2.72. The fourth-order valence-electron chi connectivity index (χ4n) is 3.64. The van der Waals surface area contributed by atoms with Crippen molar-refractivity contribution in [3.63, 3.8) is 0 Å². The van der Waals surface area contributed by atoms with Gasteiger partial charge >= 0.3 is 0 Å². The van der Waals surface area contributed by atoms with Crippen LogP contribution in [0.4, 0.5) is 5.69 Å². The zero-order chi connectivity index (χ0) is 23.8. The molecule has 9 heteroatoms. The van der Waals surface area contributed by atoms with E-state index in [0.29, 0.717) is 54.1 Å². The molecule has 0 aliphatic carbocycles. The van der Waals surface area contributed by atoms with Crippen LogP contribution in [-0.2, 0) is 9.53 Å². The van der Waals surface area contributed by atoms with E-state index < -0.39 is 5.91 Å². The number of carbonyl (C=O) groups is 1. The highest BCUT2D eigenvalue weighted by atomic mass is 16.6. The average molecular weight is 466 g/mol. The molecule has 1 saturated heterocycles. The highest BCUT2D eigenvalue weighted by molar-refractivity contribution is 6.09. The van der Waals surface area contributed by atoms with Crippen molar-refractivity contribution in [2.75, 3.05) is 65.1 Å². The first-order chi connectivity index (χ1) is 16.7. The molecule has 2 aliphatic rings. The van der Waals surface area contributed by atoms with Crippen LogP contribution < -0.4 is 24.3 Å². The minimum Gasteiger partial charge on any atom is -0.493 e. The summed E-state index contributed by atoms with van der Waals surface area (Å²) in [5.74, 6) is 1.79. The summed E-state index contributed by atoms with van der Waals surface area (Å²) >= 11 is 0. The molecule has 1 fully saturated rings. The molecule has 4 rings (SSSR count). The molecule has 0 bridgehead atoms. The first kappa shape index (κ1) is 23.4. The van der Waals surface area contributed by atoms with Crippen LogP contribution in [0.1, 0.15) is 5.56 Å². The summed E-state index contributed by atoms with van der Waals surface area (Å²) in [6, 6.07) is 12.4. The van der Waals surface area contributed by atoms with Crippen molar-refractivity contribution < 1.29 is 28.5 Å². The first-order valence-corrected chi connectivity index (χ1v) is 11.1. The van der Waals surface area contributed by atoms with Crippen molar-refractivity contribution in [3.8, 4) is 29.1 Å². The summed E-state index contributed by atoms with van der Waals surface area (Å²) in [6.07, 6.45) is 1.52. The lowest BCUT2D eigenvalue weighted by molar-refractivity contribution is -0.112. The highest BCUT2D eigenvalue weighted by Crippen LogP contribution is 2.33. The Morgan fingerprint density at radius 3 is 2.65 bits per heavy atom. The third kappa shape index (κ3) is 5.98. The molecule has 2 heterocycles. The van der Waals surface area contributed by atoms with E-state index in [2.05, 4.69) is 10.2 Å². The van der Waals surface area contributed by atoms with Gasteiger partial charge in [0.15, 0.2) is 23.0 Å². The van der Waals surface area contributed by atoms with Gasteiger partial charge in [-0.3, -0.25) is 9.69 Å². The number of fused-ring (bicyclic) bond motifs is 1. The number of hydrogen-bond donors (Lipinski definition) is 1. The molecule has 0 spiro atoms. The van der Waals surface area contributed by atoms with Crippen LogP contribution in [0.25, 0.3) is 6.08 Å². The molecule has 2 aromatic carbocycles. The summed E-state index contributed by atoms with van der Waals surface area (Å²) in [4.78, 5) is 15.0. The lowest BCUT2D eigenvalue weighted by Gasteiger charge is -2.26. The fraction of sp³-hybridized carbons (Fsp3) is 0.360. The van der Waals surface area contributed by atoms with E-state index in [1.807, 2.05) is 6.07 Å². The van der Waals surface area contributed by atoms with Gasteiger partial charge in [0.05, 0.1) is 20.3 Å². The van der Waals surface area contributed by atoms with Gasteiger partial charge in [-0.25, -0.2) is 0 Å². The van der Waals surface area contributed by atoms with Crippen LogP contribution in [0.5, 0.6) is 23.0 Å².